The lowest BCUT2D eigenvalue weighted by atomic mass is 10.1. The zero-order chi connectivity index (χ0) is 26.5. The van der Waals surface area contributed by atoms with Crippen LogP contribution in [0, 0.1) is 0 Å². The number of nitrogens with zero attached hydrogens (tertiary/aromatic N) is 2. The Morgan fingerprint density at radius 2 is 1.03 bits per heavy atom. The molecule has 0 unspecified atom stereocenters. The van der Waals surface area contributed by atoms with Gasteiger partial charge in [0.1, 0.15) is 0 Å². The van der Waals surface area contributed by atoms with E-state index < -0.39 is 11.9 Å². The molecule has 0 atom stereocenters. The monoisotopic (exact) mass is 494 g/mol. The Hall–Kier alpha value is -3.62. The summed E-state index contributed by atoms with van der Waals surface area (Å²) in [7, 11) is 8.42. The molecule has 2 aromatic carbocycles. The standard InChI is InChI=1S/2C12H16N2.C4H6O4/c2*1-14(2)8-7-10-9-13-12-6-4-3-5-11(10)12;5-3(6)1-2-4(7)8/h2*3-6,9,13H,7-8H2,1-2H3;1-2H2,(H,5,6)(H,7,8). The van der Waals surface area contributed by atoms with E-state index in [0.29, 0.717) is 0 Å². The first-order valence-corrected chi connectivity index (χ1v) is 12.0. The fourth-order valence-electron chi connectivity index (χ4n) is 3.58. The van der Waals surface area contributed by atoms with E-state index in [9.17, 15) is 9.59 Å². The van der Waals surface area contributed by atoms with Gasteiger partial charge >= 0.3 is 11.9 Å². The number of para-hydroxylation sites is 2. The summed E-state index contributed by atoms with van der Waals surface area (Å²) in [5, 5.41) is 18.5. The van der Waals surface area contributed by atoms with E-state index in [0.717, 1.165) is 25.9 Å². The molecule has 36 heavy (non-hydrogen) atoms. The van der Waals surface area contributed by atoms with Crippen LogP contribution in [0.25, 0.3) is 21.8 Å². The molecule has 194 valence electrons. The highest BCUT2D eigenvalue weighted by Gasteiger charge is 2.03. The highest BCUT2D eigenvalue weighted by Crippen LogP contribution is 2.18. The summed E-state index contributed by atoms with van der Waals surface area (Å²) in [6, 6.07) is 16.9. The number of benzene rings is 2. The Morgan fingerprint density at radius 1 is 0.667 bits per heavy atom. The number of H-pyrrole nitrogens is 2. The van der Waals surface area contributed by atoms with Gasteiger partial charge in [-0.3, -0.25) is 9.59 Å². The van der Waals surface area contributed by atoms with E-state index in [1.807, 2.05) is 0 Å². The van der Waals surface area contributed by atoms with Gasteiger partial charge in [0.2, 0.25) is 0 Å². The first-order chi connectivity index (χ1) is 17.2. The number of aromatic nitrogens is 2. The topological polar surface area (TPSA) is 113 Å². The van der Waals surface area contributed by atoms with Gasteiger partial charge in [-0.15, -0.1) is 0 Å². The summed E-state index contributed by atoms with van der Waals surface area (Å²) >= 11 is 0. The van der Waals surface area contributed by atoms with Gasteiger partial charge in [0, 0.05) is 47.3 Å². The predicted molar refractivity (Wildman–Crippen MR) is 146 cm³/mol. The van der Waals surface area contributed by atoms with Gasteiger partial charge < -0.3 is 30.0 Å². The van der Waals surface area contributed by atoms with Crippen molar-refractivity contribution < 1.29 is 19.8 Å². The molecular formula is C28H38N4O4. The van der Waals surface area contributed by atoms with Crippen LogP contribution in [0.5, 0.6) is 0 Å². The summed E-state index contributed by atoms with van der Waals surface area (Å²) in [5.74, 6) is -2.15. The molecule has 8 nitrogen and oxygen atoms in total. The fourth-order valence-corrected chi connectivity index (χ4v) is 3.58. The number of hydrogen-bond acceptors (Lipinski definition) is 4. The molecule has 0 aliphatic rings. The second kappa shape index (κ2) is 14.7. The second-order valence-electron chi connectivity index (χ2n) is 9.11. The summed E-state index contributed by atoms with van der Waals surface area (Å²) in [5.41, 5.74) is 5.30. The molecule has 8 heteroatoms. The fraction of sp³-hybridized carbons (Fsp3) is 0.357. The number of aliphatic carboxylic acids is 2. The molecule has 0 aliphatic carbocycles. The van der Waals surface area contributed by atoms with Crippen LogP contribution >= 0.6 is 0 Å². The molecular weight excluding hydrogens is 456 g/mol. The number of rotatable bonds is 9. The van der Waals surface area contributed by atoms with Crippen LogP contribution in [-0.2, 0) is 22.4 Å². The molecule has 4 N–H and O–H groups in total. The van der Waals surface area contributed by atoms with E-state index in [-0.39, 0.29) is 12.8 Å². The van der Waals surface area contributed by atoms with Gasteiger partial charge in [0.25, 0.3) is 0 Å². The molecule has 0 amide bonds. The van der Waals surface area contributed by atoms with E-state index in [4.69, 9.17) is 10.2 Å². The maximum atomic E-state index is 9.64. The smallest absolute Gasteiger partial charge is 0.303 e. The summed E-state index contributed by atoms with van der Waals surface area (Å²) in [4.78, 5) is 30.3. The van der Waals surface area contributed by atoms with Crippen molar-refractivity contribution in [2.75, 3.05) is 41.3 Å². The Bertz CT molecular complexity index is 1130. The molecule has 0 saturated heterocycles. The summed E-state index contributed by atoms with van der Waals surface area (Å²) in [6.45, 7) is 2.20. The lowest BCUT2D eigenvalue weighted by molar-refractivity contribution is -0.143. The Kier molecular flexibility index (Phi) is 11.7. The average Bonchev–Trinajstić information content (AvgIpc) is 3.45. The van der Waals surface area contributed by atoms with Gasteiger partial charge in [-0.1, -0.05) is 36.4 Å². The van der Waals surface area contributed by atoms with Crippen molar-refractivity contribution in [2.24, 2.45) is 0 Å². The Balaban J connectivity index is 0.000000199. The van der Waals surface area contributed by atoms with Crippen LogP contribution in [0.4, 0.5) is 0 Å². The van der Waals surface area contributed by atoms with Gasteiger partial charge in [0.15, 0.2) is 0 Å². The molecule has 2 heterocycles. The van der Waals surface area contributed by atoms with Crippen molar-refractivity contribution in [3.8, 4) is 0 Å². The average molecular weight is 495 g/mol. The number of fused-ring (bicyclic) bond motifs is 2. The third-order valence-corrected chi connectivity index (χ3v) is 5.56. The second-order valence-corrected chi connectivity index (χ2v) is 9.11. The Labute approximate surface area is 212 Å². The molecule has 0 aliphatic heterocycles. The largest absolute Gasteiger partial charge is 0.481 e. The molecule has 2 aromatic heterocycles. The summed E-state index contributed by atoms with van der Waals surface area (Å²) in [6.07, 6.45) is 5.86. The van der Waals surface area contributed by atoms with Gasteiger partial charge in [-0.25, -0.2) is 0 Å². The third kappa shape index (κ3) is 9.93. The van der Waals surface area contributed by atoms with Crippen molar-refractivity contribution in [1.82, 2.24) is 19.8 Å². The van der Waals surface area contributed by atoms with Gasteiger partial charge in [-0.05, 0) is 64.3 Å². The minimum atomic E-state index is -1.08. The van der Waals surface area contributed by atoms with Crippen molar-refractivity contribution in [1.29, 1.82) is 0 Å². The highest BCUT2D eigenvalue weighted by atomic mass is 16.4. The van der Waals surface area contributed by atoms with Crippen LogP contribution < -0.4 is 0 Å². The lowest BCUT2D eigenvalue weighted by Crippen LogP contribution is -2.14. The van der Waals surface area contributed by atoms with Crippen molar-refractivity contribution in [2.45, 2.75) is 25.7 Å². The molecule has 4 rings (SSSR count). The summed E-state index contributed by atoms with van der Waals surface area (Å²) < 4.78 is 0. The van der Waals surface area contributed by atoms with Gasteiger partial charge in [-0.2, -0.15) is 0 Å². The van der Waals surface area contributed by atoms with Crippen LogP contribution in [0.2, 0.25) is 0 Å². The third-order valence-electron chi connectivity index (χ3n) is 5.56. The minimum Gasteiger partial charge on any atom is -0.481 e. The lowest BCUT2D eigenvalue weighted by Gasteiger charge is -2.07. The maximum Gasteiger partial charge on any atom is 0.303 e. The number of nitrogens with one attached hydrogen (secondary N) is 2. The normalized spacial score (nSPS) is 10.7. The SMILES string of the molecule is CN(C)CCc1c[nH]c2ccccc12.CN(C)CCc1c[nH]c2ccccc12.O=C(O)CCC(=O)O. The first-order valence-electron chi connectivity index (χ1n) is 12.0. The van der Waals surface area contributed by atoms with Crippen LogP contribution in [0.1, 0.15) is 24.0 Å². The van der Waals surface area contributed by atoms with Crippen molar-refractivity contribution in [3.05, 3.63) is 72.1 Å². The molecule has 4 aromatic rings. The molecule has 0 radical (unpaired) electrons. The number of carboxylic acid groups (broad SMARTS) is 2. The van der Waals surface area contributed by atoms with E-state index >= 15 is 0 Å². The van der Waals surface area contributed by atoms with Crippen molar-refractivity contribution in [3.63, 3.8) is 0 Å². The van der Waals surface area contributed by atoms with E-state index in [1.165, 1.54) is 32.9 Å². The van der Waals surface area contributed by atoms with Crippen LogP contribution in [0.15, 0.2) is 60.9 Å². The maximum absolute atomic E-state index is 9.64. The predicted octanol–water partition coefficient (Wildman–Crippen LogP) is 4.48. The van der Waals surface area contributed by atoms with Crippen molar-refractivity contribution >= 4 is 33.7 Å². The molecule has 0 saturated carbocycles. The van der Waals surface area contributed by atoms with E-state index in [2.05, 4.69) is 109 Å². The number of likely N-dealkylation sites (N-methyl/N-ethyl adjacent to an activating group) is 2. The van der Waals surface area contributed by atoms with Gasteiger partial charge in [0.05, 0.1) is 12.8 Å². The quantitative estimate of drug-likeness (QED) is 0.273. The zero-order valence-electron chi connectivity index (χ0n) is 21.6. The number of aromatic amines is 2. The number of hydrogen-bond donors (Lipinski definition) is 4. The zero-order valence-corrected chi connectivity index (χ0v) is 21.6. The number of carboxylic acids is 2. The highest BCUT2D eigenvalue weighted by molar-refractivity contribution is 5.83. The first kappa shape index (κ1) is 28.6. The molecule has 0 fully saturated rings. The molecule has 0 spiro atoms. The minimum absolute atomic E-state index is 0.296. The van der Waals surface area contributed by atoms with E-state index in [1.54, 1.807) is 0 Å². The Morgan fingerprint density at radius 3 is 1.36 bits per heavy atom. The van der Waals surface area contributed by atoms with Crippen LogP contribution in [-0.4, -0.2) is 83.2 Å². The van der Waals surface area contributed by atoms with Crippen LogP contribution in [0.3, 0.4) is 0 Å². The number of carbonyl (C=O) groups is 2. The molecule has 0 bridgehead atoms.